The van der Waals surface area contributed by atoms with Gasteiger partial charge in [-0.1, -0.05) is 60.7 Å². The number of benzene rings is 2. The van der Waals surface area contributed by atoms with Crippen molar-refractivity contribution < 1.29 is 14.3 Å². The lowest BCUT2D eigenvalue weighted by Gasteiger charge is -2.07. The SMILES string of the molecule is CCOC(=O)c1ccccc1/C=C/Cn1cccc1C(=O)c1ccccc1. The van der Waals surface area contributed by atoms with Crippen LogP contribution in [-0.4, -0.2) is 22.9 Å². The van der Waals surface area contributed by atoms with Crippen LogP contribution in [0.4, 0.5) is 0 Å². The Morgan fingerprint density at radius 1 is 0.963 bits per heavy atom. The van der Waals surface area contributed by atoms with Crippen LogP contribution in [-0.2, 0) is 11.3 Å². The largest absolute Gasteiger partial charge is 0.462 e. The van der Waals surface area contributed by atoms with E-state index in [2.05, 4.69) is 0 Å². The first-order valence-corrected chi connectivity index (χ1v) is 8.88. The summed E-state index contributed by atoms with van der Waals surface area (Å²) in [5, 5.41) is 0. The molecule has 0 N–H and O–H groups in total. The number of hydrogen-bond acceptors (Lipinski definition) is 3. The molecule has 0 amide bonds. The molecule has 0 fully saturated rings. The first-order chi connectivity index (χ1) is 13.2. The first-order valence-electron chi connectivity index (χ1n) is 8.88. The van der Waals surface area contributed by atoms with Gasteiger partial charge in [-0.15, -0.1) is 0 Å². The number of carbonyl (C=O) groups excluding carboxylic acids is 2. The molecule has 27 heavy (non-hydrogen) atoms. The molecule has 0 saturated carbocycles. The third-order valence-corrected chi connectivity index (χ3v) is 4.15. The molecule has 3 aromatic rings. The molecule has 0 aliphatic carbocycles. The predicted molar refractivity (Wildman–Crippen MR) is 106 cm³/mol. The topological polar surface area (TPSA) is 48.3 Å². The van der Waals surface area contributed by atoms with Gasteiger partial charge in [0.05, 0.1) is 17.9 Å². The predicted octanol–water partition coefficient (Wildman–Crippen LogP) is 4.61. The van der Waals surface area contributed by atoms with Gasteiger partial charge < -0.3 is 9.30 Å². The minimum Gasteiger partial charge on any atom is -0.462 e. The Morgan fingerprint density at radius 2 is 1.70 bits per heavy atom. The van der Waals surface area contributed by atoms with Crippen molar-refractivity contribution in [3.8, 4) is 0 Å². The molecule has 0 saturated heterocycles. The van der Waals surface area contributed by atoms with E-state index in [1.807, 2.05) is 83.6 Å². The fourth-order valence-electron chi connectivity index (χ4n) is 2.85. The summed E-state index contributed by atoms with van der Waals surface area (Å²) in [6, 6.07) is 20.2. The number of aromatic nitrogens is 1. The van der Waals surface area contributed by atoms with E-state index >= 15 is 0 Å². The van der Waals surface area contributed by atoms with Gasteiger partial charge in [-0.2, -0.15) is 0 Å². The van der Waals surface area contributed by atoms with Crippen LogP contribution in [0.25, 0.3) is 6.08 Å². The summed E-state index contributed by atoms with van der Waals surface area (Å²) < 4.78 is 6.99. The monoisotopic (exact) mass is 359 g/mol. The summed E-state index contributed by atoms with van der Waals surface area (Å²) in [7, 11) is 0. The lowest BCUT2D eigenvalue weighted by molar-refractivity contribution is 0.0526. The maximum atomic E-state index is 12.7. The standard InChI is InChI=1S/C23H21NO3/c1-2-27-23(26)20-14-7-6-10-18(20)13-8-16-24-17-9-15-21(24)22(25)19-11-4-3-5-12-19/h3-15,17H,2,16H2,1H3/b13-8+. The zero-order valence-corrected chi connectivity index (χ0v) is 15.2. The van der Waals surface area contributed by atoms with Crippen molar-refractivity contribution >= 4 is 17.8 Å². The lowest BCUT2D eigenvalue weighted by atomic mass is 10.1. The number of esters is 1. The molecule has 0 radical (unpaired) electrons. The number of ketones is 1. The first kappa shape index (κ1) is 18.4. The van der Waals surface area contributed by atoms with Gasteiger partial charge in [0, 0.05) is 18.3 Å². The molecule has 0 spiro atoms. The summed E-state index contributed by atoms with van der Waals surface area (Å²) in [5.74, 6) is -0.348. The molecule has 0 atom stereocenters. The molecule has 0 bridgehead atoms. The number of rotatable bonds is 7. The number of nitrogens with zero attached hydrogens (tertiary/aromatic N) is 1. The van der Waals surface area contributed by atoms with E-state index in [-0.39, 0.29) is 11.8 Å². The van der Waals surface area contributed by atoms with E-state index < -0.39 is 0 Å². The van der Waals surface area contributed by atoms with E-state index in [1.54, 1.807) is 13.0 Å². The molecule has 1 heterocycles. The Kier molecular flexibility index (Phi) is 6.00. The van der Waals surface area contributed by atoms with Crippen LogP contribution in [0.5, 0.6) is 0 Å². The van der Waals surface area contributed by atoms with Gasteiger partial charge in [-0.25, -0.2) is 4.79 Å². The van der Waals surface area contributed by atoms with Gasteiger partial charge in [-0.3, -0.25) is 4.79 Å². The van der Waals surface area contributed by atoms with Crippen LogP contribution in [0.15, 0.2) is 79.0 Å². The van der Waals surface area contributed by atoms with Gasteiger partial charge in [-0.05, 0) is 30.7 Å². The minimum absolute atomic E-state index is 0.0130. The second kappa shape index (κ2) is 8.81. The maximum Gasteiger partial charge on any atom is 0.338 e. The van der Waals surface area contributed by atoms with Gasteiger partial charge >= 0.3 is 5.97 Å². The molecule has 0 aliphatic heterocycles. The summed E-state index contributed by atoms with van der Waals surface area (Å²) in [6.45, 7) is 2.65. The average Bonchev–Trinajstić information content (AvgIpc) is 3.17. The molecule has 1 aromatic heterocycles. The molecular weight excluding hydrogens is 338 g/mol. The Labute approximate surface area is 158 Å². The second-order valence-corrected chi connectivity index (χ2v) is 5.95. The Hall–Kier alpha value is -3.40. The Bertz CT molecular complexity index is 955. The molecule has 3 rings (SSSR count). The third-order valence-electron chi connectivity index (χ3n) is 4.15. The zero-order chi connectivity index (χ0) is 19.1. The van der Waals surface area contributed by atoms with Crippen molar-refractivity contribution in [2.45, 2.75) is 13.5 Å². The molecule has 4 heteroatoms. The minimum atomic E-state index is -0.335. The van der Waals surface area contributed by atoms with Gasteiger partial charge in [0.2, 0.25) is 5.78 Å². The number of hydrogen-bond donors (Lipinski definition) is 0. The van der Waals surface area contributed by atoms with Crippen molar-refractivity contribution in [3.05, 3.63) is 101 Å². The van der Waals surface area contributed by atoms with Crippen LogP contribution in [0.1, 0.15) is 38.9 Å². The molecule has 4 nitrogen and oxygen atoms in total. The normalized spacial score (nSPS) is 10.9. The number of allylic oxidation sites excluding steroid dienone is 1. The highest BCUT2D eigenvalue weighted by molar-refractivity contribution is 6.08. The fraction of sp³-hybridized carbons (Fsp3) is 0.130. The van der Waals surface area contributed by atoms with Crippen LogP contribution in [0.3, 0.4) is 0 Å². The van der Waals surface area contributed by atoms with E-state index in [0.29, 0.717) is 30.0 Å². The highest BCUT2D eigenvalue weighted by atomic mass is 16.5. The zero-order valence-electron chi connectivity index (χ0n) is 15.2. The van der Waals surface area contributed by atoms with E-state index in [0.717, 1.165) is 5.56 Å². The van der Waals surface area contributed by atoms with Crippen LogP contribution in [0.2, 0.25) is 0 Å². The average molecular weight is 359 g/mol. The maximum absolute atomic E-state index is 12.7. The number of ether oxygens (including phenoxy) is 1. The highest BCUT2D eigenvalue weighted by Crippen LogP contribution is 2.14. The van der Waals surface area contributed by atoms with E-state index in [1.165, 1.54) is 0 Å². The lowest BCUT2D eigenvalue weighted by Crippen LogP contribution is -2.09. The molecule has 2 aromatic carbocycles. The Morgan fingerprint density at radius 3 is 2.48 bits per heavy atom. The summed E-state index contributed by atoms with van der Waals surface area (Å²) in [5.41, 5.74) is 2.61. The van der Waals surface area contributed by atoms with E-state index in [4.69, 9.17) is 4.74 Å². The highest BCUT2D eigenvalue weighted by Gasteiger charge is 2.12. The second-order valence-electron chi connectivity index (χ2n) is 5.95. The van der Waals surface area contributed by atoms with Crippen molar-refractivity contribution in [3.63, 3.8) is 0 Å². The summed E-state index contributed by atoms with van der Waals surface area (Å²) in [6.07, 6.45) is 5.68. The quantitative estimate of drug-likeness (QED) is 0.457. The molecule has 0 aliphatic rings. The summed E-state index contributed by atoms with van der Waals surface area (Å²) >= 11 is 0. The van der Waals surface area contributed by atoms with Crippen LogP contribution < -0.4 is 0 Å². The van der Waals surface area contributed by atoms with Gasteiger partial charge in [0.15, 0.2) is 0 Å². The van der Waals surface area contributed by atoms with Gasteiger partial charge in [0.25, 0.3) is 0 Å². The molecule has 0 unspecified atom stereocenters. The van der Waals surface area contributed by atoms with E-state index in [9.17, 15) is 9.59 Å². The number of carbonyl (C=O) groups is 2. The molecule has 136 valence electrons. The Balaban J connectivity index is 1.77. The fourth-order valence-corrected chi connectivity index (χ4v) is 2.85. The van der Waals surface area contributed by atoms with Gasteiger partial charge in [0.1, 0.15) is 0 Å². The molecular formula is C23H21NO3. The smallest absolute Gasteiger partial charge is 0.338 e. The van der Waals surface area contributed by atoms with Crippen molar-refractivity contribution in [1.82, 2.24) is 4.57 Å². The van der Waals surface area contributed by atoms with Crippen LogP contribution >= 0.6 is 0 Å². The third kappa shape index (κ3) is 4.42. The van der Waals surface area contributed by atoms with Crippen LogP contribution in [0, 0.1) is 0 Å². The van der Waals surface area contributed by atoms with Crippen molar-refractivity contribution in [2.24, 2.45) is 0 Å². The van der Waals surface area contributed by atoms with Crippen molar-refractivity contribution in [2.75, 3.05) is 6.61 Å². The van der Waals surface area contributed by atoms with Crippen molar-refractivity contribution in [1.29, 1.82) is 0 Å². The summed E-state index contributed by atoms with van der Waals surface area (Å²) in [4.78, 5) is 24.7.